The number of nitrogens with zero attached hydrogens (tertiary/aromatic N) is 2. The van der Waals surface area contributed by atoms with E-state index in [4.69, 9.17) is 0 Å². The molecule has 7 heterocycles. The Morgan fingerprint density at radius 3 is 2.41 bits per heavy atom. The van der Waals surface area contributed by atoms with Crippen LogP contribution in [-0.2, 0) is 4.08 Å². The molecule has 0 saturated carbocycles. The fourth-order valence-electron chi connectivity index (χ4n) is 8.53. The first-order chi connectivity index (χ1) is 15.6. The summed E-state index contributed by atoms with van der Waals surface area (Å²) in [5.41, 5.74) is 3.72. The van der Waals surface area contributed by atoms with Crippen LogP contribution in [0.3, 0.4) is 0 Å². The quantitative estimate of drug-likeness (QED) is 0.437. The third-order valence-electron chi connectivity index (χ3n) is 9.60. The van der Waals surface area contributed by atoms with Gasteiger partial charge in [-0.2, -0.15) is 0 Å². The van der Waals surface area contributed by atoms with Gasteiger partial charge in [-0.1, -0.05) is 13.0 Å². The lowest BCUT2D eigenvalue weighted by Crippen LogP contribution is -2.64. The summed E-state index contributed by atoms with van der Waals surface area (Å²) in [6, 6.07) is 6.44. The minimum absolute atomic E-state index is 0.154. The molecule has 6 aliphatic heterocycles. The van der Waals surface area contributed by atoms with Crippen molar-refractivity contribution in [2.75, 3.05) is 11.5 Å². The van der Waals surface area contributed by atoms with E-state index < -0.39 is 0 Å². The minimum Gasteiger partial charge on any atom is -0.336 e. The van der Waals surface area contributed by atoms with Crippen molar-refractivity contribution in [3.05, 3.63) is 35.2 Å². The van der Waals surface area contributed by atoms with E-state index in [2.05, 4.69) is 58.1 Å². The predicted octanol–water partition coefficient (Wildman–Crippen LogP) is 6.54. The molecule has 0 aliphatic carbocycles. The lowest BCUT2D eigenvalue weighted by Gasteiger charge is -2.60. The number of allylic oxidation sites excluding steroid dienone is 1. The maximum absolute atomic E-state index is 13.8. The molecule has 0 amide bonds. The zero-order chi connectivity index (χ0) is 21.5. The van der Waals surface area contributed by atoms with Gasteiger partial charge in [-0.25, -0.2) is 0 Å². The van der Waals surface area contributed by atoms with Crippen LogP contribution in [0.5, 0.6) is 0 Å². The van der Waals surface area contributed by atoms with E-state index in [-0.39, 0.29) is 9.62 Å². The molecule has 0 unspecified atom stereocenters. The number of fused-ring (bicyclic) bond motifs is 1. The number of hydrogen-bond donors (Lipinski definition) is 0. The Labute approximate surface area is 201 Å². The van der Waals surface area contributed by atoms with E-state index in [1.54, 1.807) is 0 Å². The third-order valence-corrected chi connectivity index (χ3v) is 13.1. The van der Waals surface area contributed by atoms with Crippen molar-refractivity contribution < 1.29 is 4.79 Å². The molecule has 0 aromatic carbocycles. The number of Topliss-reactive ketones (excluding diaryl/α,β-unsaturated/α-hetero) is 1. The van der Waals surface area contributed by atoms with Crippen LogP contribution in [0.1, 0.15) is 99.8 Å². The molecular weight excluding hydrogens is 432 g/mol. The molecule has 0 bridgehead atoms. The van der Waals surface area contributed by atoms with E-state index in [0.717, 1.165) is 35.7 Å². The lowest BCUT2D eigenvalue weighted by molar-refractivity contribution is -0.0785. The van der Waals surface area contributed by atoms with Crippen molar-refractivity contribution in [2.24, 2.45) is 5.92 Å². The van der Waals surface area contributed by atoms with Crippen molar-refractivity contribution in [2.45, 2.75) is 105 Å². The molecule has 1 aromatic heterocycles. The standard InChI is InChI=1S/C27H36N2OS2/c1-18-14-21-4-2-9-26(10-3-5-22(15-18)29(21)26)17-19-16-20-8-11-27(31-12-13-32-27)24-7-6-23(25(19)30)28(20)24/h6-7,17-18,20-22H,2-5,8-16H2,1H3/b19-17+/t18?,20-,21-,22-,26?/m0/s1. The summed E-state index contributed by atoms with van der Waals surface area (Å²) >= 11 is 4.24. The summed E-state index contributed by atoms with van der Waals surface area (Å²) in [6.45, 7) is 2.47. The van der Waals surface area contributed by atoms with Gasteiger partial charge in [0.05, 0.1) is 5.69 Å². The maximum Gasteiger partial charge on any atom is 0.205 e. The first-order valence-electron chi connectivity index (χ1n) is 13.1. The molecule has 3 nitrogen and oxygen atoms in total. The summed E-state index contributed by atoms with van der Waals surface area (Å²) in [7, 11) is 0. The van der Waals surface area contributed by atoms with Crippen molar-refractivity contribution >= 4 is 29.3 Å². The van der Waals surface area contributed by atoms with Crippen molar-refractivity contribution in [3.63, 3.8) is 0 Å². The molecule has 32 heavy (non-hydrogen) atoms. The number of aromatic nitrogens is 1. The molecule has 0 radical (unpaired) electrons. The Morgan fingerprint density at radius 2 is 1.69 bits per heavy atom. The second-order valence-corrected chi connectivity index (χ2v) is 14.5. The van der Waals surface area contributed by atoms with Gasteiger partial charge in [-0.3, -0.25) is 9.69 Å². The van der Waals surface area contributed by atoms with Gasteiger partial charge in [0.15, 0.2) is 0 Å². The molecule has 1 aromatic rings. The summed E-state index contributed by atoms with van der Waals surface area (Å²) in [5, 5.41) is 0. The van der Waals surface area contributed by atoms with Gasteiger partial charge >= 0.3 is 0 Å². The van der Waals surface area contributed by atoms with Gasteiger partial charge in [0.25, 0.3) is 0 Å². The molecule has 5 heteroatoms. The number of piperidine rings is 3. The Balaban J connectivity index is 1.27. The molecule has 4 fully saturated rings. The second kappa shape index (κ2) is 7.42. The number of hydrogen-bond acceptors (Lipinski definition) is 4. The number of rotatable bonds is 1. The van der Waals surface area contributed by atoms with E-state index >= 15 is 0 Å². The summed E-state index contributed by atoms with van der Waals surface area (Å²) in [4.78, 5) is 16.8. The SMILES string of the molecule is CC1C[C@@H]2CCCC3(/C=C4\C[C@@H]5CCC6(SCCS6)c6ccc(n65)C4=O)CCC[C@@H](C1)N23. The van der Waals surface area contributed by atoms with E-state index in [9.17, 15) is 4.79 Å². The first kappa shape index (κ1) is 20.7. The minimum atomic E-state index is 0.154. The number of carbonyl (C=O) groups excluding carboxylic acids is 1. The zero-order valence-electron chi connectivity index (χ0n) is 19.4. The van der Waals surface area contributed by atoms with Gasteiger partial charge in [-0.15, -0.1) is 23.5 Å². The van der Waals surface area contributed by atoms with E-state index in [1.807, 2.05) is 0 Å². The highest BCUT2D eigenvalue weighted by Crippen LogP contribution is 2.60. The van der Waals surface area contributed by atoms with Crippen LogP contribution < -0.4 is 0 Å². The van der Waals surface area contributed by atoms with E-state index in [0.29, 0.717) is 11.8 Å². The Hall–Kier alpha value is -0.650. The van der Waals surface area contributed by atoms with Crippen LogP contribution in [0.2, 0.25) is 0 Å². The van der Waals surface area contributed by atoms with Gasteiger partial charge in [0.2, 0.25) is 5.78 Å². The molecule has 6 aliphatic rings. The molecule has 172 valence electrons. The fourth-order valence-corrected chi connectivity index (χ4v) is 11.8. The van der Waals surface area contributed by atoms with Crippen LogP contribution in [0, 0.1) is 5.92 Å². The molecule has 3 atom stereocenters. The summed E-state index contributed by atoms with van der Waals surface area (Å²) < 4.78 is 2.69. The summed E-state index contributed by atoms with van der Waals surface area (Å²) in [5.74, 6) is 3.69. The largest absolute Gasteiger partial charge is 0.336 e. The summed E-state index contributed by atoms with van der Waals surface area (Å²) in [6.07, 6.45) is 16.6. The molecular formula is C27H36N2OS2. The second-order valence-electron chi connectivity index (χ2n) is 11.5. The molecule has 7 rings (SSSR count). The van der Waals surface area contributed by atoms with E-state index in [1.165, 1.54) is 81.4 Å². The average Bonchev–Trinajstić information content (AvgIpc) is 3.43. The van der Waals surface area contributed by atoms with Gasteiger partial charge in [-0.05, 0) is 88.7 Å². The molecule has 1 spiro atoms. The topological polar surface area (TPSA) is 25.2 Å². The van der Waals surface area contributed by atoms with Crippen LogP contribution in [0.4, 0.5) is 0 Å². The van der Waals surface area contributed by atoms with Crippen LogP contribution >= 0.6 is 23.5 Å². The monoisotopic (exact) mass is 468 g/mol. The highest BCUT2D eigenvalue weighted by molar-refractivity contribution is 8.20. The maximum atomic E-state index is 13.8. The normalized spacial score (nSPS) is 41.7. The number of carbonyl (C=O) groups is 1. The predicted molar refractivity (Wildman–Crippen MR) is 135 cm³/mol. The Bertz CT molecular complexity index is 954. The smallest absolute Gasteiger partial charge is 0.205 e. The lowest BCUT2D eigenvalue weighted by atomic mass is 9.68. The first-order valence-corrected chi connectivity index (χ1v) is 15.1. The highest BCUT2D eigenvalue weighted by Gasteiger charge is 2.51. The van der Waals surface area contributed by atoms with Gasteiger partial charge in [0.1, 0.15) is 4.08 Å². The van der Waals surface area contributed by atoms with Crippen LogP contribution in [0.15, 0.2) is 23.8 Å². The van der Waals surface area contributed by atoms with Crippen molar-refractivity contribution in [3.8, 4) is 0 Å². The number of thioether (sulfide) groups is 2. The average molecular weight is 469 g/mol. The van der Waals surface area contributed by atoms with Gasteiger partial charge < -0.3 is 4.57 Å². The Kier molecular flexibility index (Phi) is 4.80. The van der Waals surface area contributed by atoms with Crippen LogP contribution in [0.25, 0.3) is 0 Å². The highest BCUT2D eigenvalue weighted by atomic mass is 32.2. The van der Waals surface area contributed by atoms with Crippen LogP contribution in [-0.4, -0.2) is 44.4 Å². The zero-order valence-corrected chi connectivity index (χ0v) is 21.0. The van der Waals surface area contributed by atoms with Gasteiger partial charge in [0, 0.05) is 46.4 Å². The molecule has 4 saturated heterocycles. The molecule has 0 N–H and O–H groups in total. The fraction of sp³-hybridized carbons (Fsp3) is 0.741. The number of ketones is 1. The van der Waals surface area contributed by atoms with Crippen molar-refractivity contribution in [1.82, 2.24) is 9.47 Å². The third kappa shape index (κ3) is 2.89. The Morgan fingerprint density at radius 1 is 0.969 bits per heavy atom. The van der Waals surface area contributed by atoms with Crippen molar-refractivity contribution in [1.29, 1.82) is 0 Å².